The van der Waals surface area contributed by atoms with Gasteiger partial charge in [-0.3, -0.25) is 4.79 Å². The molecule has 2 atom stereocenters. The maximum atomic E-state index is 13.3. The van der Waals surface area contributed by atoms with Crippen LogP contribution in [0.1, 0.15) is 45.6 Å². The molecule has 4 heterocycles. The van der Waals surface area contributed by atoms with Gasteiger partial charge in [0.25, 0.3) is 5.91 Å². The zero-order valence-electron chi connectivity index (χ0n) is 19.7. The van der Waals surface area contributed by atoms with Crippen LogP contribution in [-0.4, -0.2) is 57.4 Å². The lowest BCUT2D eigenvalue weighted by Crippen LogP contribution is -2.30. The number of carbonyl (C=O) groups excluding carboxylic acids is 1. The molecule has 6 rings (SSSR count). The summed E-state index contributed by atoms with van der Waals surface area (Å²) in [7, 11) is -0.772. The molecular weight excluding hydrogens is 487 g/mol. The van der Waals surface area contributed by atoms with Crippen molar-refractivity contribution in [2.75, 3.05) is 20.4 Å². The van der Waals surface area contributed by atoms with Crippen LogP contribution in [0.5, 0.6) is 5.75 Å². The molecule has 1 aliphatic carbocycles. The quantitative estimate of drug-likeness (QED) is 0.381. The Hall–Kier alpha value is -3.65. The number of nitrogens with zero attached hydrogens (tertiary/aromatic N) is 5. The fraction of sp³-hybridized carbons (Fsp3) is 0.280. The highest BCUT2D eigenvalue weighted by atomic mass is 31.2. The van der Waals surface area contributed by atoms with Crippen LogP contribution >= 0.6 is 7.14 Å². The number of alkyl halides is 2. The molecule has 0 saturated carbocycles. The van der Waals surface area contributed by atoms with Gasteiger partial charge in [-0.15, -0.1) is 0 Å². The molecule has 0 radical (unpaired) electrons. The number of amides is 1. The van der Waals surface area contributed by atoms with Crippen molar-refractivity contribution in [3.05, 3.63) is 71.3 Å². The second-order valence-electron chi connectivity index (χ2n) is 9.48. The number of hydrogen-bond donors (Lipinski definition) is 0. The summed E-state index contributed by atoms with van der Waals surface area (Å²) >= 11 is 0. The van der Waals surface area contributed by atoms with Crippen molar-refractivity contribution < 1.29 is 22.9 Å². The van der Waals surface area contributed by atoms with Crippen LogP contribution in [0.4, 0.5) is 8.78 Å². The summed E-state index contributed by atoms with van der Waals surface area (Å²) in [6.45, 7) is 0.319. The second kappa shape index (κ2) is 7.93. The van der Waals surface area contributed by atoms with Crippen molar-refractivity contribution in [2.24, 2.45) is 0 Å². The van der Waals surface area contributed by atoms with Crippen LogP contribution in [0.25, 0.3) is 16.9 Å². The summed E-state index contributed by atoms with van der Waals surface area (Å²) in [5.41, 5.74) is 3.93. The van der Waals surface area contributed by atoms with Crippen molar-refractivity contribution in [3.63, 3.8) is 0 Å². The topological polar surface area (TPSA) is 89.7 Å². The zero-order valence-corrected chi connectivity index (χ0v) is 20.6. The van der Waals surface area contributed by atoms with E-state index in [9.17, 15) is 18.1 Å². The predicted molar refractivity (Wildman–Crippen MR) is 130 cm³/mol. The summed E-state index contributed by atoms with van der Waals surface area (Å²) < 4.78 is 45.5. The highest BCUT2D eigenvalue weighted by Gasteiger charge is 2.46. The van der Waals surface area contributed by atoms with Gasteiger partial charge in [0.1, 0.15) is 12.9 Å². The number of aromatic nitrogens is 4. The van der Waals surface area contributed by atoms with Crippen molar-refractivity contribution in [1.29, 1.82) is 0 Å². The number of halogens is 2. The van der Waals surface area contributed by atoms with Gasteiger partial charge in [0.2, 0.25) is 0 Å². The van der Waals surface area contributed by atoms with E-state index in [0.717, 1.165) is 22.3 Å². The lowest BCUT2D eigenvalue weighted by molar-refractivity contribution is -0.0505. The SMILES string of the molecule is CN1C(=O)c2cccc(OC(F)F)c2[C@H]2C[C@@H]1c1nn3ccc(-c4ncc(P(C)(C)=O)cn4)cc3c12. The number of ether oxygens (including phenoxy) is 1. The smallest absolute Gasteiger partial charge is 0.387 e. The third kappa shape index (κ3) is 3.43. The molecule has 1 amide bonds. The highest BCUT2D eigenvalue weighted by molar-refractivity contribution is 7.70. The molecule has 2 aliphatic rings. The maximum absolute atomic E-state index is 13.3. The van der Waals surface area contributed by atoms with Crippen molar-refractivity contribution >= 4 is 23.9 Å². The van der Waals surface area contributed by atoms with Gasteiger partial charge in [0, 0.05) is 59.1 Å². The normalized spacial score (nSPS) is 18.9. The first-order valence-corrected chi connectivity index (χ1v) is 14.0. The van der Waals surface area contributed by atoms with Crippen molar-refractivity contribution in [3.8, 4) is 17.1 Å². The highest BCUT2D eigenvalue weighted by Crippen LogP contribution is 2.53. The summed E-state index contributed by atoms with van der Waals surface area (Å²) in [5.74, 6) is -0.137. The molecule has 1 aromatic carbocycles. The number of pyridine rings is 1. The van der Waals surface area contributed by atoms with Crippen LogP contribution in [0.15, 0.2) is 48.9 Å². The first-order chi connectivity index (χ1) is 17.1. The largest absolute Gasteiger partial charge is 0.434 e. The molecule has 0 spiro atoms. The first kappa shape index (κ1) is 22.8. The van der Waals surface area contributed by atoms with E-state index in [-0.39, 0.29) is 23.6 Å². The Morgan fingerprint density at radius 1 is 1.14 bits per heavy atom. The van der Waals surface area contributed by atoms with Gasteiger partial charge in [-0.2, -0.15) is 13.9 Å². The van der Waals surface area contributed by atoms with Crippen molar-refractivity contribution in [1.82, 2.24) is 24.5 Å². The lowest BCUT2D eigenvalue weighted by atomic mass is 9.88. The van der Waals surface area contributed by atoms with E-state index in [0.29, 0.717) is 28.7 Å². The Morgan fingerprint density at radius 3 is 2.58 bits per heavy atom. The van der Waals surface area contributed by atoms with E-state index in [1.807, 2.05) is 12.1 Å². The molecule has 2 bridgehead atoms. The van der Waals surface area contributed by atoms with Gasteiger partial charge >= 0.3 is 6.61 Å². The van der Waals surface area contributed by atoms with Gasteiger partial charge in [0.05, 0.1) is 17.3 Å². The molecule has 0 fully saturated rings. The Labute approximate surface area is 205 Å². The van der Waals surface area contributed by atoms with Gasteiger partial charge in [0.15, 0.2) is 5.82 Å². The number of fused-ring (bicyclic) bond motifs is 9. The van der Waals surface area contributed by atoms with E-state index >= 15 is 0 Å². The summed E-state index contributed by atoms with van der Waals surface area (Å²) in [6, 6.07) is 8.13. The fourth-order valence-corrected chi connectivity index (χ4v) is 5.92. The molecule has 184 valence electrons. The summed E-state index contributed by atoms with van der Waals surface area (Å²) in [4.78, 5) is 23.7. The van der Waals surface area contributed by atoms with E-state index in [2.05, 4.69) is 9.97 Å². The van der Waals surface area contributed by atoms with Gasteiger partial charge in [-0.05, 0) is 44.0 Å². The molecule has 0 saturated heterocycles. The minimum Gasteiger partial charge on any atom is -0.434 e. The molecule has 0 N–H and O–H groups in total. The van der Waals surface area contributed by atoms with Crippen LogP contribution in [-0.2, 0) is 4.57 Å². The molecule has 3 aromatic heterocycles. The average molecular weight is 509 g/mol. The molecule has 36 heavy (non-hydrogen) atoms. The number of rotatable bonds is 4. The minimum absolute atomic E-state index is 0.000683. The molecule has 11 heteroatoms. The van der Waals surface area contributed by atoms with Crippen LogP contribution in [0.3, 0.4) is 0 Å². The van der Waals surface area contributed by atoms with E-state index in [1.54, 1.807) is 60.5 Å². The lowest BCUT2D eigenvalue weighted by Gasteiger charge is -2.23. The molecule has 4 aromatic rings. The van der Waals surface area contributed by atoms with E-state index in [4.69, 9.17) is 9.84 Å². The summed E-state index contributed by atoms with van der Waals surface area (Å²) in [6.07, 6.45) is 5.47. The zero-order chi connectivity index (χ0) is 25.4. The summed E-state index contributed by atoms with van der Waals surface area (Å²) in [5, 5.41) is 5.36. The second-order valence-corrected chi connectivity index (χ2v) is 12.7. The Balaban J connectivity index is 1.53. The van der Waals surface area contributed by atoms with Crippen LogP contribution < -0.4 is 10.0 Å². The minimum atomic E-state index is -3.01. The van der Waals surface area contributed by atoms with Crippen LogP contribution in [0, 0.1) is 0 Å². The monoisotopic (exact) mass is 509 g/mol. The van der Waals surface area contributed by atoms with Gasteiger partial charge in [-0.1, -0.05) is 6.07 Å². The molecule has 1 aliphatic heterocycles. The number of benzene rings is 1. The fourth-order valence-electron chi connectivity index (χ4n) is 5.25. The third-order valence-electron chi connectivity index (χ3n) is 6.99. The van der Waals surface area contributed by atoms with Gasteiger partial charge < -0.3 is 14.2 Å². The molecule has 8 nitrogen and oxygen atoms in total. The first-order valence-electron chi connectivity index (χ1n) is 11.4. The Morgan fingerprint density at radius 2 is 1.89 bits per heavy atom. The van der Waals surface area contributed by atoms with E-state index < -0.39 is 13.8 Å². The van der Waals surface area contributed by atoms with Gasteiger partial charge in [-0.25, -0.2) is 14.5 Å². The average Bonchev–Trinajstić information content (AvgIpc) is 3.36. The molecule has 0 unspecified atom stereocenters. The number of carbonyl (C=O) groups is 1. The molecular formula is C25H22F2N5O3P. The number of hydrogen-bond acceptors (Lipinski definition) is 6. The maximum Gasteiger partial charge on any atom is 0.387 e. The Bertz CT molecular complexity index is 1580. The standard InChI is InChI=1S/C25H22F2N5O3P/c1-31-18-10-16(20-15(24(31)33)5-4-6-19(20)35-25(26)27)21-17-9-13(7-8-32(17)30-22(18)21)23-28-11-14(12-29-23)36(2,3)34/h4-9,11-12,16,18,25H,10H2,1-3H3/t16-,18-/m1/s1. The third-order valence-corrected chi connectivity index (χ3v) is 8.47. The van der Waals surface area contributed by atoms with E-state index in [1.165, 1.54) is 6.07 Å². The van der Waals surface area contributed by atoms with Crippen molar-refractivity contribution in [2.45, 2.75) is 25.0 Å². The predicted octanol–water partition coefficient (Wildman–Crippen LogP) is 4.30. The Kier molecular flexibility index (Phi) is 5.02. The van der Waals surface area contributed by atoms with Crippen LogP contribution in [0.2, 0.25) is 0 Å².